The van der Waals surface area contributed by atoms with E-state index >= 15 is 0 Å². The zero-order chi connectivity index (χ0) is 12.1. The monoisotopic (exact) mass is 241 g/mol. The predicted octanol–water partition coefficient (Wildman–Crippen LogP) is 3.70. The van der Waals surface area contributed by atoms with E-state index in [1.807, 2.05) is 6.92 Å². The maximum atomic E-state index is 11.1. The van der Waals surface area contributed by atoms with Crippen molar-refractivity contribution in [2.24, 2.45) is 0 Å². The van der Waals surface area contributed by atoms with Gasteiger partial charge in [-0.15, -0.1) is 11.3 Å². The summed E-state index contributed by atoms with van der Waals surface area (Å²) in [5, 5.41) is 10.1. The number of aromatic carboxylic acids is 1. The maximum absolute atomic E-state index is 11.1. The summed E-state index contributed by atoms with van der Waals surface area (Å²) in [4.78, 5) is 16.0. The fourth-order valence-electron chi connectivity index (χ4n) is 1.76. The molecule has 1 heterocycles. The molecule has 1 aromatic rings. The van der Waals surface area contributed by atoms with Crippen LogP contribution >= 0.6 is 11.3 Å². The van der Waals surface area contributed by atoms with Gasteiger partial charge in [-0.25, -0.2) is 9.78 Å². The van der Waals surface area contributed by atoms with Gasteiger partial charge in [0.05, 0.1) is 10.7 Å². The minimum atomic E-state index is -0.835. The van der Waals surface area contributed by atoms with Gasteiger partial charge in [0.1, 0.15) is 4.88 Å². The third-order valence-electron chi connectivity index (χ3n) is 2.73. The molecule has 0 amide bonds. The lowest BCUT2D eigenvalue weighted by Crippen LogP contribution is -1.98. The molecule has 1 aromatic heterocycles. The molecule has 3 nitrogen and oxygen atoms in total. The van der Waals surface area contributed by atoms with Crippen molar-refractivity contribution in [2.75, 3.05) is 0 Å². The maximum Gasteiger partial charge on any atom is 0.347 e. The highest BCUT2D eigenvalue weighted by Crippen LogP contribution is 2.30. The van der Waals surface area contributed by atoms with Gasteiger partial charge in [0.2, 0.25) is 0 Å². The van der Waals surface area contributed by atoms with Crippen molar-refractivity contribution in [3.8, 4) is 0 Å². The first-order valence-corrected chi connectivity index (χ1v) is 6.68. The SMILES string of the molecule is CCCc1nc(C(CC)CC)sc1C(=O)O. The molecule has 0 bridgehead atoms. The number of carbonyl (C=O) groups is 1. The molecular formula is C12H19NO2S. The Morgan fingerprint density at radius 1 is 1.38 bits per heavy atom. The molecule has 4 heteroatoms. The summed E-state index contributed by atoms with van der Waals surface area (Å²) in [5.74, 6) is -0.424. The van der Waals surface area contributed by atoms with E-state index in [-0.39, 0.29) is 0 Å². The van der Waals surface area contributed by atoms with Crippen molar-refractivity contribution in [3.63, 3.8) is 0 Å². The van der Waals surface area contributed by atoms with Gasteiger partial charge < -0.3 is 5.11 Å². The van der Waals surface area contributed by atoms with Crippen LogP contribution in [0.2, 0.25) is 0 Å². The average molecular weight is 241 g/mol. The van der Waals surface area contributed by atoms with Crippen LogP contribution in [0.25, 0.3) is 0 Å². The molecule has 0 unspecified atom stereocenters. The van der Waals surface area contributed by atoms with E-state index in [0.29, 0.717) is 10.8 Å². The van der Waals surface area contributed by atoms with Gasteiger partial charge in [-0.3, -0.25) is 0 Å². The molecule has 16 heavy (non-hydrogen) atoms. The number of nitrogens with zero attached hydrogens (tertiary/aromatic N) is 1. The number of rotatable bonds is 6. The molecule has 0 saturated heterocycles. The number of carboxylic acids is 1. The van der Waals surface area contributed by atoms with Crippen molar-refractivity contribution in [1.82, 2.24) is 4.98 Å². The fraction of sp³-hybridized carbons (Fsp3) is 0.667. The standard InChI is InChI=1S/C12H19NO2S/c1-4-7-9-10(12(14)15)16-11(13-9)8(5-2)6-3/h8H,4-7H2,1-3H3,(H,14,15). The van der Waals surface area contributed by atoms with E-state index in [2.05, 4.69) is 18.8 Å². The topological polar surface area (TPSA) is 50.2 Å². The number of aromatic nitrogens is 1. The van der Waals surface area contributed by atoms with E-state index in [1.54, 1.807) is 0 Å². The Balaban J connectivity index is 3.04. The van der Waals surface area contributed by atoms with Gasteiger partial charge in [0.25, 0.3) is 0 Å². The van der Waals surface area contributed by atoms with Gasteiger partial charge in [0, 0.05) is 5.92 Å². The van der Waals surface area contributed by atoms with Crippen LogP contribution in [-0.4, -0.2) is 16.1 Å². The third-order valence-corrected chi connectivity index (χ3v) is 3.98. The van der Waals surface area contributed by atoms with Gasteiger partial charge in [-0.05, 0) is 19.3 Å². The molecule has 0 aliphatic rings. The van der Waals surface area contributed by atoms with Crippen LogP contribution in [0.3, 0.4) is 0 Å². The summed E-state index contributed by atoms with van der Waals surface area (Å²) < 4.78 is 0. The molecular weight excluding hydrogens is 222 g/mol. The van der Waals surface area contributed by atoms with Crippen LogP contribution in [0.4, 0.5) is 0 Å². The van der Waals surface area contributed by atoms with E-state index in [4.69, 9.17) is 5.11 Å². The molecule has 0 aliphatic carbocycles. The van der Waals surface area contributed by atoms with Crippen molar-refractivity contribution in [2.45, 2.75) is 52.4 Å². The first-order valence-electron chi connectivity index (χ1n) is 5.86. The summed E-state index contributed by atoms with van der Waals surface area (Å²) in [5.41, 5.74) is 0.766. The lowest BCUT2D eigenvalue weighted by molar-refractivity contribution is 0.0700. The van der Waals surface area contributed by atoms with Gasteiger partial charge in [-0.1, -0.05) is 27.2 Å². The number of hydrogen-bond acceptors (Lipinski definition) is 3. The largest absolute Gasteiger partial charge is 0.477 e. The molecule has 0 aromatic carbocycles. The highest BCUT2D eigenvalue weighted by molar-refractivity contribution is 7.13. The molecule has 0 spiro atoms. The van der Waals surface area contributed by atoms with E-state index in [0.717, 1.165) is 36.4 Å². The summed E-state index contributed by atoms with van der Waals surface area (Å²) in [6.07, 6.45) is 3.74. The number of thiazole rings is 1. The molecule has 0 aliphatic heterocycles. The lowest BCUT2D eigenvalue weighted by Gasteiger charge is -2.06. The number of hydrogen-bond donors (Lipinski definition) is 1. The molecule has 1 N–H and O–H groups in total. The Kier molecular flexibility index (Phi) is 4.93. The zero-order valence-corrected chi connectivity index (χ0v) is 10.9. The van der Waals surface area contributed by atoms with Crippen molar-refractivity contribution < 1.29 is 9.90 Å². The highest BCUT2D eigenvalue weighted by Gasteiger charge is 2.20. The van der Waals surface area contributed by atoms with Gasteiger partial charge in [-0.2, -0.15) is 0 Å². The quantitative estimate of drug-likeness (QED) is 0.826. The van der Waals surface area contributed by atoms with Crippen molar-refractivity contribution in [3.05, 3.63) is 15.6 Å². The Morgan fingerprint density at radius 2 is 2.00 bits per heavy atom. The van der Waals surface area contributed by atoms with Crippen LogP contribution in [0, 0.1) is 0 Å². The Bertz CT molecular complexity index is 356. The molecule has 0 atom stereocenters. The summed E-state index contributed by atoms with van der Waals surface area (Å²) in [6.45, 7) is 6.28. The van der Waals surface area contributed by atoms with E-state index in [9.17, 15) is 4.79 Å². The minimum Gasteiger partial charge on any atom is -0.477 e. The van der Waals surface area contributed by atoms with E-state index in [1.165, 1.54) is 11.3 Å². The smallest absolute Gasteiger partial charge is 0.347 e. The summed E-state index contributed by atoms with van der Waals surface area (Å²) in [6, 6.07) is 0. The van der Waals surface area contributed by atoms with Crippen LogP contribution in [0.5, 0.6) is 0 Å². The molecule has 0 saturated carbocycles. The molecule has 0 radical (unpaired) electrons. The van der Waals surface area contributed by atoms with Crippen LogP contribution in [0.15, 0.2) is 0 Å². The molecule has 90 valence electrons. The normalized spacial score (nSPS) is 11.0. The highest BCUT2D eigenvalue weighted by atomic mass is 32.1. The van der Waals surface area contributed by atoms with Crippen LogP contribution in [-0.2, 0) is 6.42 Å². The van der Waals surface area contributed by atoms with Crippen molar-refractivity contribution in [1.29, 1.82) is 0 Å². The Morgan fingerprint density at radius 3 is 2.44 bits per heavy atom. The minimum absolute atomic E-state index is 0.411. The first-order chi connectivity index (χ1) is 7.63. The second kappa shape index (κ2) is 5.99. The number of carboxylic acid groups (broad SMARTS) is 1. The van der Waals surface area contributed by atoms with Gasteiger partial charge >= 0.3 is 5.97 Å². The fourth-order valence-corrected chi connectivity index (χ4v) is 2.97. The molecule has 0 fully saturated rings. The first kappa shape index (κ1) is 13.2. The molecule has 1 rings (SSSR count). The van der Waals surface area contributed by atoms with Crippen LogP contribution < -0.4 is 0 Å². The third kappa shape index (κ3) is 2.82. The number of aryl methyl sites for hydroxylation is 1. The van der Waals surface area contributed by atoms with Crippen LogP contribution in [0.1, 0.15) is 66.3 Å². The summed E-state index contributed by atoms with van der Waals surface area (Å²) >= 11 is 1.35. The average Bonchev–Trinajstić information content (AvgIpc) is 2.65. The van der Waals surface area contributed by atoms with Crippen molar-refractivity contribution >= 4 is 17.3 Å². The lowest BCUT2D eigenvalue weighted by atomic mass is 10.1. The zero-order valence-electron chi connectivity index (χ0n) is 10.1. The predicted molar refractivity (Wildman–Crippen MR) is 66.4 cm³/mol. The van der Waals surface area contributed by atoms with E-state index < -0.39 is 5.97 Å². The Hall–Kier alpha value is -0.900. The Labute approximate surface area is 101 Å². The van der Waals surface area contributed by atoms with Gasteiger partial charge in [0.15, 0.2) is 0 Å². The second-order valence-electron chi connectivity index (χ2n) is 3.90. The second-order valence-corrected chi connectivity index (χ2v) is 4.93. The summed E-state index contributed by atoms with van der Waals surface area (Å²) in [7, 11) is 0.